The van der Waals surface area contributed by atoms with Gasteiger partial charge in [0, 0.05) is 25.9 Å². The Balaban J connectivity index is 1.69. The number of unbranched alkanes of at least 4 members (excludes halogenated alkanes) is 1. The van der Waals surface area contributed by atoms with Crippen LogP contribution in [0.15, 0.2) is 6.07 Å². The SMILES string of the molecule is CCCCOC(=O)c1cc(N2CCC(NC(=O)c3nc(Cl)c(CC)[nH]3)C(OC)C2)[nH]c1C(C)C. The van der Waals surface area contributed by atoms with Crippen LogP contribution in [-0.4, -0.2) is 65.8 Å². The highest BCUT2D eigenvalue weighted by Gasteiger charge is 2.33. The maximum absolute atomic E-state index is 12.7. The maximum atomic E-state index is 12.7. The Hall–Kier alpha value is -2.52. The van der Waals surface area contributed by atoms with Gasteiger partial charge in [0.15, 0.2) is 11.0 Å². The summed E-state index contributed by atoms with van der Waals surface area (Å²) < 4.78 is 11.2. The van der Waals surface area contributed by atoms with Crippen molar-refractivity contribution >= 4 is 29.3 Å². The molecule has 10 heteroatoms. The number of methoxy groups -OCH3 is 1. The van der Waals surface area contributed by atoms with Crippen LogP contribution in [0.2, 0.25) is 5.15 Å². The molecule has 9 nitrogen and oxygen atoms in total. The van der Waals surface area contributed by atoms with Crippen LogP contribution in [0.1, 0.15) is 85.2 Å². The van der Waals surface area contributed by atoms with Gasteiger partial charge < -0.3 is 29.7 Å². The monoisotopic (exact) mass is 493 g/mol. The van der Waals surface area contributed by atoms with Crippen molar-refractivity contribution in [1.29, 1.82) is 0 Å². The van der Waals surface area contributed by atoms with Gasteiger partial charge in [0.1, 0.15) is 5.82 Å². The lowest BCUT2D eigenvalue weighted by Gasteiger charge is -2.38. The molecule has 2 unspecified atom stereocenters. The number of halogens is 1. The van der Waals surface area contributed by atoms with E-state index in [0.717, 1.165) is 30.0 Å². The van der Waals surface area contributed by atoms with Gasteiger partial charge in [-0.1, -0.05) is 45.7 Å². The quantitative estimate of drug-likeness (QED) is 0.340. The number of esters is 1. The van der Waals surface area contributed by atoms with Gasteiger partial charge in [-0.05, 0) is 31.2 Å². The third-order valence-electron chi connectivity index (χ3n) is 6.18. The van der Waals surface area contributed by atoms with Gasteiger partial charge in [-0.3, -0.25) is 4.79 Å². The van der Waals surface area contributed by atoms with E-state index in [1.807, 2.05) is 26.8 Å². The van der Waals surface area contributed by atoms with Gasteiger partial charge in [-0.15, -0.1) is 0 Å². The number of aryl methyl sites for hydroxylation is 1. The largest absolute Gasteiger partial charge is 0.462 e. The lowest BCUT2D eigenvalue weighted by atomic mass is 10.0. The molecule has 3 heterocycles. The van der Waals surface area contributed by atoms with Crippen LogP contribution in [0, 0.1) is 0 Å². The second-order valence-electron chi connectivity index (χ2n) is 8.92. The molecule has 1 aliphatic heterocycles. The fourth-order valence-electron chi connectivity index (χ4n) is 4.14. The molecule has 3 rings (SSSR count). The van der Waals surface area contributed by atoms with E-state index in [9.17, 15) is 9.59 Å². The predicted molar refractivity (Wildman–Crippen MR) is 132 cm³/mol. The number of hydrogen-bond donors (Lipinski definition) is 3. The normalized spacial score (nSPS) is 18.4. The highest BCUT2D eigenvalue weighted by Crippen LogP contribution is 2.28. The Bertz CT molecular complexity index is 986. The van der Waals surface area contributed by atoms with Crippen LogP contribution >= 0.6 is 11.6 Å². The first-order valence-electron chi connectivity index (χ1n) is 12.0. The zero-order chi connectivity index (χ0) is 24.8. The predicted octanol–water partition coefficient (Wildman–Crippen LogP) is 4.06. The standard InChI is InChI=1S/C24H36ClN5O4/c1-6-8-11-34-24(32)15-12-19(28-20(15)14(3)4)30-10-9-17(18(13-30)33-5)27-23(31)22-26-16(7-2)21(25)29-22/h12,14,17-18,28H,6-11,13H2,1-5H3,(H,26,29)(H,27,31). The highest BCUT2D eigenvalue weighted by atomic mass is 35.5. The first kappa shape index (κ1) is 26.1. The average Bonchev–Trinajstić information content (AvgIpc) is 3.43. The molecule has 1 aliphatic rings. The third kappa shape index (κ3) is 5.93. The number of H-pyrrole nitrogens is 2. The van der Waals surface area contributed by atoms with Crippen molar-refractivity contribution in [2.45, 2.75) is 71.4 Å². The molecule has 0 bridgehead atoms. The van der Waals surface area contributed by atoms with E-state index in [2.05, 4.69) is 32.1 Å². The van der Waals surface area contributed by atoms with Crippen LogP contribution in [0.3, 0.4) is 0 Å². The Morgan fingerprint density at radius 1 is 1.32 bits per heavy atom. The second kappa shape index (κ2) is 11.8. The van der Waals surface area contributed by atoms with E-state index in [1.165, 1.54) is 0 Å². The Morgan fingerprint density at radius 2 is 2.09 bits per heavy atom. The van der Waals surface area contributed by atoms with Gasteiger partial charge >= 0.3 is 5.97 Å². The second-order valence-corrected chi connectivity index (χ2v) is 9.28. The number of amides is 1. The number of hydrogen-bond acceptors (Lipinski definition) is 6. The number of imidazole rings is 1. The van der Waals surface area contributed by atoms with E-state index in [-0.39, 0.29) is 35.8 Å². The molecular formula is C24H36ClN5O4. The molecule has 3 N–H and O–H groups in total. The zero-order valence-electron chi connectivity index (χ0n) is 20.7. The van der Waals surface area contributed by atoms with Gasteiger partial charge in [0.05, 0.1) is 30.0 Å². The summed E-state index contributed by atoms with van der Waals surface area (Å²) in [6.07, 6.45) is 2.92. The van der Waals surface area contributed by atoms with E-state index in [1.54, 1.807) is 7.11 Å². The van der Waals surface area contributed by atoms with E-state index >= 15 is 0 Å². The third-order valence-corrected chi connectivity index (χ3v) is 6.49. The van der Waals surface area contributed by atoms with Crippen molar-refractivity contribution in [3.8, 4) is 0 Å². The smallest absolute Gasteiger partial charge is 0.340 e. The van der Waals surface area contributed by atoms with Crippen LogP contribution in [0.25, 0.3) is 0 Å². The molecule has 1 saturated heterocycles. The number of carbonyl (C=O) groups is 2. The van der Waals surface area contributed by atoms with E-state index in [4.69, 9.17) is 21.1 Å². The summed E-state index contributed by atoms with van der Waals surface area (Å²) in [5, 5.41) is 3.35. The fraction of sp³-hybridized carbons (Fsp3) is 0.625. The van der Waals surface area contributed by atoms with Crippen molar-refractivity contribution in [1.82, 2.24) is 20.3 Å². The number of aromatic amines is 2. The number of ether oxygens (including phenoxy) is 2. The lowest BCUT2D eigenvalue weighted by Crippen LogP contribution is -2.55. The minimum Gasteiger partial charge on any atom is -0.462 e. The first-order chi connectivity index (χ1) is 16.3. The summed E-state index contributed by atoms with van der Waals surface area (Å²) in [5.41, 5.74) is 2.18. The first-order valence-corrected chi connectivity index (χ1v) is 12.4. The van der Waals surface area contributed by atoms with Crippen molar-refractivity contribution in [2.75, 3.05) is 31.7 Å². The number of nitrogens with one attached hydrogen (secondary N) is 3. The minimum atomic E-state index is -0.304. The molecule has 1 fully saturated rings. The number of nitrogens with zero attached hydrogens (tertiary/aromatic N) is 2. The molecule has 0 aliphatic carbocycles. The highest BCUT2D eigenvalue weighted by molar-refractivity contribution is 6.30. The molecule has 2 atom stereocenters. The number of carbonyl (C=O) groups excluding carboxylic acids is 2. The summed E-state index contributed by atoms with van der Waals surface area (Å²) >= 11 is 6.08. The zero-order valence-corrected chi connectivity index (χ0v) is 21.4. The van der Waals surface area contributed by atoms with E-state index in [0.29, 0.717) is 43.3 Å². The van der Waals surface area contributed by atoms with E-state index < -0.39 is 0 Å². The van der Waals surface area contributed by atoms with Crippen molar-refractivity contribution < 1.29 is 19.1 Å². The summed E-state index contributed by atoms with van der Waals surface area (Å²) in [4.78, 5) is 38.1. The minimum absolute atomic E-state index is 0.144. The topological polar surface area (TPSA) is 112 Å². The summed E-state index contributed by atoms with van der Waals surface area (Å²) in [6.45, 7) is 9.76. The van der Waals surface area contributed by atoms with Gasteiger partial charge in [0.25, 0.3) is 5.91 Å². The molecule has 2 aromatic heterocycles. The van der Waals surface area contributed by atoms with Crippen molar-refractivity contribution in [2.24, 2.45) is 0 Å². The molecule has 0 radical (unpaired) electrons. The van der Waals surface area contributed by atoms with Gasteiger partial charge in [-0.2, -0.15) is 0 Å². The summed E-state index contributed by atoms with van der Waals surface area (Å²) in [7, 11) is 1.64. The molecule has 188 valence electrons. The Morgan fingerprint density at radius 3 is 2.71 bits per heavy atom. The number of aromatic nitrogens is 3. The summed E-state index contributed by atoms with van der Waals surface area (Å²) in [6, 6.07) is 1.69. The number of anilines is 1. The number of piperidine rings is 1. The maximum Gasteiger partial charge on any atom is 0.340 e. The molecule has 0 saturated carbocycles. The van der Waals surface area contributed by atoms with Crippen molar-refractivity contribution in [3.63, 3.8) is 0 Å². The fourth-order valence-corrected chi connectivity index (χ4v) is 4.41. The molecule has 0 spiro atoms. The molecule has 0 aromatic carbocycles. The lowest BCUT2D eigenvalue weighted by molar-refractivity contribution is 0.0497. The molecule has 2 aromatic rings. The molecule has 1 amide bonds. The Labute approximate surface area is 205 Å². The summed E-state index contributed by atoms with van der Waals surface area (Å²) in [5.74, 6) is 0.597. The number of rotatable bonds is 10. The molecular weight excluding hydrogens is 458 g/mol. The Kier molecular flexibility index (Phi) is 9.02. The van der Waals surface area contributed by atoms with Gasteiger partial charge in [-0.25, -0.2) is 9.78 Å². The van der Waals surface area contributed by atoms with Crippen molar-refractivity contribution in [3.05, 3.63) is 34.0 Å². The average molecular weight is 494 g/mol. The van der Waals surface area contributed by atoms with Crippen LogP contribution < -0.4 is 10.2 Å². The van der Waals surface area contributed by atoms with Gasteiger partial charge in [0.2, 0.25) is 0 Å². The van der Waals surface area contributed by atoms with Crippen LogP contribution in [0.5, 0.6) is 0 Å². The van der Waals surface area contributed by atoms with Crippen LogP contribution in [-0.2, 0) is 15.9 Å². The molecule has 34 heavy (non-hydrogen) atoms. The van der Waals surface area contributed by atoms with Crippen LogP contribution in [0.4, 0.5) is 5.82 Å².